The Kier molecular flexibility index (Phi) is 2.72. The second-order valence-corrected chi connectivity index (χ2v) is 5.16. The van der Waals surface area contributed by atoms with E-state index in [4.69, 9.17) is 4.74 Å². The predicted octanol–water partition coefficient (Wildman–Crippen LogP) is 2.73. The number of nitrogens with zero attached hydrogens (tertiary/aromatic N) is 2. The van der Waals surface area contributed by atoms with Crippen LogP contribution in [0.2, 0.25) is 0 Å². The summed E-state index contributed by atoms with van der Waals surface area (Å²) in [7, 11) is 0. The molecule has 1 aliphatic heterocycles. The Bertz CT molecular complexity index is 391. The van der Waals surface area contributed by atoms with E-state index < -0.39 is 17.4 Å². The summed E-state index contributed by atoms with van der Waals surface area (Å²) in [5.41, 5.74) is -0.394. The lowest BCUT2D eigenvalue weighted by Gasteiger charge is -2.24. The van der Waals surface area contributed by atoms with Gasteiger partial charge in [0.05, 0.1) is 24.4 Å². The van der Waals surface area contributed by atoms with Crippen molar-refractivity contribution in [2.45, 2.75) is 45.5 Å². The molecule has 96 valence electrons. The van der Waals surface area contributed by atoms with Crippen LogP contribution < -0.4 is 0 Å². The van der Waals surface area contributed by atoms with Crippen molar-refractivity contribution in [3.63, 3.8) is 0 Å². The van der Waals surface area contributed by atoms with Crippen LogP contribution in [0.1, 0.15) is 37.7 Å². The first-order valence-electron chi connectivity index (χ1n) is 5.47. The Morgan fingerprint density at radius 2 is 1.88 bits per heavy atom. The van der Waals surface area contributed by atoms with E-state index >= 15 is 0 Å². The maximum Gasteiger partial charge on any atom is 0.435 e. The van der Waals surface area contributed by atoms with Crippen molar-refractivity contribution >= 4 is 0 Å². The van der Waals surface area contributed by atoms with Gasteiger partial charge in [0.2, 0.25) is 0 Å². The topological polar surface area (TPSA) is 27.1 Å². The molecule has 0 aromatic carbocycles. The molecule has 1 aromatic rings. The molecule has 0 aliphatic carbocycles. The minimum Gasteiger partial charge on any atom is -0.375 e. The first kappa shape index (κ1) is 12.4. The Balaban J connectivity index is 2.60. The zero-order valence-electron chi connectivity index (χ0n) is 10.1. The van der Waals surface area contributed by atoms with Crippen LogP contribution in [0, 0.1) is 0 Å². The fourth-order valence-electron chi connectivity index (χ4n) is 2.02. The monoisotopic (exact) mass is 248 g/mol. The average Bonchev–Trinajstić information content (AvgIpc) is 2.55. The van der Waals surface area contributed by atoms with Crippen molar-refractivity contribution in [1.29, 1.82) is 0 Å². The molecule has 0 fully saturated rings. The highest BCUT2D eigenvalue weighted by atomic mass is 19.4. The van der Waals surface area contributed by atoms with Gasteiger partial charge < -0.3 is 4.74 Å². The predicted molar refractivity (Wildman–Crippen MR) is 55.6 cm³/mol. The van der Waals surface area contributed by atoms with E-state index in [-0.39, 0.29) is 13.0 Å². The highest BCUT2D eigenvalue weighted by Gasteiger charge is 2.41. The summed E-state index contributed by atoms with van der Waals surface area (Å²) in [4.78, 5) is 0. The number of fused-ring (bicyclic) bond motifs is 1. The van der Waals surface area contributed by atoms with E-state index in [0.717, 1.165) is 0 Å². The van der Waals surface area contributed by atoms with Gasteiger partial charge in [-0.2, -0.15) is 18.3 Å². The van der Waals surface area contributed by atoms with Gasteiger partial charge in [0.25, 0.3) is 0 Å². The van der Waals surface area contributed by atoms with Crippen LogP contribution in [0.4, 0.5) is 13.2 Å². The lowest BCUT2D eigenvalue weighted by atomic mass is 10.1. The van der Waals surface area contributed by atoms with E-state index in [0.29, 0.717) is 17.9 Å². The lowest BCUT2D eigenvalue weighted by Crippen LogP contribution is -2.27. The molecule has 0 bridgehead atoms. The van der Waals surface area contributed by atoms with Crippen LogP contribution in [0.5, 0.6) is 0 Å². The third-order valence-corrected chi connectivity index (χ3v) is 2.73. The van der Waals surface area contributed by atoms with E-state index in [1.807, 2.05) is 20.8 Å². The summed E-state index contributed by atoms with van der Waals surface area (Å²) < 4.78 is 45.2. The van der Waals surface area contributed by atoms with E-state index in [2.05, 4.69) is 5.10 Å². The molecule has 0 atom stereocenters. The molecule has 0 saturated carbocycles. The van der Waals surface area contributed by atoms with Gasteiger partial charge in [0.15, 0.2) is 5.69 Å². The van der Waals surface area contributed by atoms with Crippen molar-refractivity contribution < 1.29 is 17.9 Å². The smallest absolute Gasteiger partial charge is 0.375 e. The van der Waals surface area contributed by atoms with Crippen molar-refractivity contribution in [2.75, 3.05) is 6.61 Å². The molecule has 2 rings (SSSR count). The summed E-state index contributed by atoms with van der Waals surface area (Å²) >= 11 is 0. The second kappa shape index (κ2) is 3.73. The molecule has 0 amide bonds. The number of aromatic nitrogens is 2. The minimum atomic E-state index is -4.39. The second-order valence-electron chi connectivity index (χ2n) is 5.16. The quantitative estimate of drug-likeness (QED) is 0.706. The number of hydrogen-bond acceptors (Lipinski definition) is 2. The van der Waals surface area contributed by atoms with E-state index in [1.165, 1.54) is 4.68 Å². The zero-order chi connectivity index (χ0) is 12.8. The van der Waals surface area contributed by atoms with Crippen LogP contribution in [-0.2, 0) is 29.5 Å². The van der Waals surface area contributed by atoms with Crippen molar-refractivity contribution in [3.05, 3.63) is 17.0 Å². The first-order valence-corrected chi connectivity index (χ1v) is 5.47. The Labute approximate surface area is 97.6 Å². The number of ether oxygens (including phenoxy) is 1. The van der Waals surface area contributed by atoms with E-state index in [9.17, 15) is 13.2 Å². The van der Waals surface area contributed by atoms with Gasteiger partial charge in [-0.25, -0.2) is 0 Å². The SMILES string of the molecule is CC(C)(C)n1nc(C(F)(F)F)c2c1COCC2. The average molecular weight is 248 g/mol. The third-order valence-electron chi connectivity index (χ3n) is 2.73. The van der Waals surface area contributed by atoms with Gasteiger partial charge >= 0.3 is 6.18 Å². The fourth-order valence-corrected chi connectivity index (χ4v) is 2.02. The molecule has 6 heteroatoms. The lowest BCUT2D eigenvalue weighted by molar-refractivity contribution is -0.142. The van der Waals surface area contributed by atoms with Crippen molar-refractivity contribution in [2.24, 2.45) is 0 Å². The zero-order valence-corrected chi connectivity index (χ0v) is 10.1. The highest BCUT2D eigenvalue weighted by molar-refractivity contribution is 5.30. The van der Waals surface area contributed by atoms with Gasteiger partial charge in [0, 0.05) is 5.56 Å². The fraction of sp³-hybridized carbons (Fsp3) is 0.727. The van der Waals surface area contributed by atoms with Crippen molar-refractivity contribution in [1.82, 2.24) is 9.78 Å². The van der Waals surface area contributed by atoms with Crippen molar-refractivity contribution in [3.8, 4) is 0 Å². The van der Waals surface area contributed by atoms with Gasteiger partial charge in [-0.15, -0.1) is 0 Å². The summed E-state index contributed by atoms with van der Waals surface area (Å²) in [5, 5.41) is 3.75. The summed E-state index contributed by atoms with van der Waals surface area (Å²) in [6.45, 7) is 6.01. The standard InChI is InChI=1S/C11H15F3N2O/c1-10(2,3)16-8-6-17-5-4-7(8)9(15-16)11(12,13)14/h4-6H2,1-3H3. The summed E-state index contributed by atoms with van der Waals surface area (Å²) in [6.07, 6.45) is -4.11. The van der Waals surface area contributed by atoms with Gasteiger partial charge in [0.1, 0.15) is 0 Å². The first-order chi connectivity index (χ1) is 7.71. The minimum absolute atomic E-state index is 0.204. The van der Waals surface area contributed by atoms with Crippen LogP contribution in [0.25, 0.3) is 0 Å². The Morgan fingerprint density at radius 3 is 2.41 bits per heavy atom. The molecular weight excluding hydrogens is 233 g/mol. The maximum atomic E-state index is 12.9. The third kappa shape index (κ3) is 2.18. The summed E-state index contributed by atoms with van der Waals surface area (Å²) in [6, 6.07) is 0. The Hall–Kier alpha value is -1.04. The van der Waals surface area contributed by atoms with Gasteiger partial charge in [-0.3, -0.25) is 4.68 Å². The number of hydrogen-bond donors (Lipinski definition) is 0. The van der Waals surface area contributed by atoms with Crippen LogP contribution in [-0.4, -0.2) is 16.4 Å². The molecule has 0 N–H and O–H groups in total. The summed E-state index contributed by atoms with van der Waals surface area (Å²) in [5.74, 6) is 0. The molecule has 0 spiro atoms. The van der Waals surface area contributed by atoms with Gasteiger partial charge in [-0.05, 0) is 27.2 Å². The van der Waals surface area contributed by atoms with Crippen LogP contribution in [0.15, 0.2) is 0 Å². The van der Waals surface area contributed by atoms with Crippen LogP contribution in [0.3, 0.4) is 0 Å². The molecule has 3 nitrogen and oxygen atoms in total. The van der Waals surface area contributed by atoms with E-state index in [1.54, 1.807) is 0 Å². The molecule has 0 saturated heterocycles. The molecule has 1 aromatic heterocycles. The van der Waals surface area contributed by atoms with Gasteiger partial charge in [-0.1, -0.05) is 0 Å². The maximum absolute atomic E-state index is 12.9. The molecule has 1 aliphatic rings. The number of alkyl halides is 3. The molecule has 2 heterocycles. The largest absolute Gasteiger partial charge is 0.435 e. The molecule has 0 radical (unpaired) electrons. The Morgan fingerprint density at radius 1 is 1.24 bits per heavy atom. The number of halogens is 3. The number of rotatable bonds is 0. The van der Waals surface area contributed by atoms with Crippen LogP contribution >= 0.6 is 0 Å². The normalized spacial score (nSPS) is 17.1. The highest BCUT2D eigenvalue weighted by Crippen LogP contribution is 2.36. The molecule has 0 unspecified atom stereocenters. The molecular formula is C11H15F3N2O. The molecule has 17 heavy (non-hydrogen) atoms.